The summed E-state index contributed by atoms with van der Waals surface area (Å²) in [4.78, 5) is 0. The summed E-state index contributed by atoms with van der Waals surface area (Å²) < 4.78 is 40.1. The Balaban J connectivity index is 2.09. The molecule has 0 amide bonds. The first kappa shape index (κ1) is 13.3. The summed E-state index contributed by atoms with van der Waals surface area (Å²) in [5.74, 6) is 1.02. The predicted octanol–water partition coefficient (Wildman–Crippen LogP) is 3.77. The summed E-state index contributed by atoms with van der Waals surface area (Å²) in [7, 11) is 0. The van der Waals surface area contributed by atoms with Crippen molar-refractivity contribution in [1.82, 2.24) is 0 Å². The van der Waals surface area contributed by atoms with Crippen molar-refractivity contribution in [2.24, 2.45) is 11.8 Å². The van der Waals surface area contributed by atoms with Crippen LogP contribution in [-0.2, 0) is 4.74 Å². The second kappa shape index (κ2) is 6.09. The Kier molecular flexibility index (Phi) is 5.39. The first-order valence-corrected chi connectivity index (χ1v) is 6.34. The van der Waals surface area contributed by atoms with E-state index in [1.807, 2.05) is 0 Å². The smallest absolute Gasteiger partial charge is 0.372 e. The fourth-order valence-corrected chi connectivity index (χ4v) is 2.54. The van der Waals surface area contributed by atoms with E-state index in [-0.39, 0.29) is 6.61 Å². The van der Waals surface area contributed by atoms with Crippen LogP contribution in [0.2, 0.25) is 0 Å². The Morgan fingerprint density at radius 1 is 1.07 bits per heavy atom. The molecule has 1 saturated carbocycles. The van der Waals surface area contributed by atoms with Crippen molar-refractivity contribution < 1.29 is 17.9 Å². The van der Waals surface area contributed by atoms with Crippen LogP contribution < -0.4 is 0 Å². The highest BCUT2D eigenvalue weighted by molar-refractivity contribution is 9.09. The van der Waals surface area contributed by atoms with E-state index in [0.717, 1.165) is 31.0 Å². The molecule has 5 heteroatoms. The fourth-order valence-electron chi connectivity index (χ4n) is 1.89. The van der Waals surface area contributed by atoms with Crippen molar-refractivity contribution in [3.63, 3.8) is 0 Å². The quantitative estimate of drug-likeness (QED) is 0.716. The molecule has 1 aliphatic rings. The number of alkyl halides is 4. The predicted molar refractivity (Wildman–Crippen MR) is 56.1 cm³/mol. The molecule has 0 aromatic rings. The van der Waals surface area contributed by atoms with E-state index in [9.17, 15) is 13.2 Å². The number of ether oxygens (including phenoxy) is 1. The highest BCUT2D eigenvalue weighted by atomic mass is 79.9. The van der Waals surface area contributed by atoms with Gasteiger partial charge >= 0.3 is 6.18 Å². The molecule has 1 aliphatic carbocycles. The van der Waals surface area contributed by atoms with Gasteiger partial charge in [0.05, 0.1) is 0 Å². The van der Waals surface area contributed by atoms with E-state index in [1.54, 1.807) is 0 Å². The van der Waals surface area contributed by atoms with Gasteiger partial charge in [-0.05, 0) is 37.5 Å². The third kappa shape index (κ3) is 5.76. The Morgan fingerprint density at radius 2 is 1.60 bits per heavy atom. The molecule has 0 spiro atoms. The molecule has 0 atom stereocenters. The first-order chi connectivity index (χ1) is 7.01. The largest absolute Gasteiger partial charge is 0.411 e. The lowest BCUT2D eigenvalue weighted by molar-refractivity contribution is -0.177. The third-order valence-corrected chi connectivity index (χ3v) is 3.72. The van der Waals surface area contributed by atoms with Gasteiger partial charge in [0.15, 0.2) is 0 Å². The van der Waals surface area contributed by atoms with E-state index in [2.05, 4.69) is 20.7 Å². The molecular weight excluding hydrogens is 273 g/mol. The Hall–Kier alpha value is 0.230. The van der Waals surface area contributed by atoms with Gasteiger partial charge in [-0.2, -0.15) is 13.2 Å². The molecule has 0 unspecified atom stereocenters. The number of hydrogen-bond donors (Lipinski definition) is 0. The molecule has 90 valence electrons. The molecule has 0 aliphatic heterocycles. The lowest BCUT2D eigenvalue weighted by Gasteiger charge is -2.27. The van der Waals surface area contributed by atoms with Crippen LogP contribution in [0.4, 0.5) is 13.2 Å². The molecule has 1 nitrogen and oxygen atoms in total. The maximum absolute atomic E-state index is 11.8. The van der Waals surface area contributed by atoms with Gasteiger partial charge in [0, 0.05) is 11.9 Å². The van der Waals surface area contributed by atoms with E-state index >= 15 is 0 Å². The SMILES string of the molecule is FC(F)(F)COCC1CCC(CBr)CC1. The highest BCUT2D eigenvalue weighted by Gasteiger charge is 2.28. The third-order valence-electron chi connectivity index (χ3n) is 2.80. The summed E-state index contributed by atoms with van der Waals surface area (Å²) in [6, 6.07) is 0. The molecule has 0 bridgehead atoms. The standard InChI is InChI=1S/C10H16BrF3O/c11-5-8-1-3-9(4-2-8)6-15-7-10(12,13)14/h8-9H,1-7H2. The zero-order valence-corrected chi connectivity index (χ0v) is 10.1. The molecule has 0 aromatic heterocycles. The van der Waals surface area contributed by atoms with Gasteiger partial charge < -0.3 is 4.74 Å². The average molecular weight is 289 g/mol. The minimum Gasteiger partial charge on any atom is -0.372 e. The molecule has 0 N–H and O–H groups in total. The van der Waals surface area contributed by atoms with Gasteiger partial charge in [0.2, 0.25) is 0 Å². The lowest BCUT2D eigenvalue weighted by atomic mass is 9.83. The number of hydrogen-bond acceptors (Lipinski definition) is 1. The van der Waals surface area contributed by atoms with Crippen LogP contribution in [0.25, 0.3) is 0 Å². The van der Waals surface area contributed by atoms with Gasteiger partial charge in [-0.15, -0.1) is 0 Å². The number of halogens is 4. The van der Waals surface area contributed by atoms with Crippen LogP contribution in [0.5, 0.6) is 0 Å². The van der Waals surface area contributed by atoms with E-state index in [4.69, 9.17) is 0 Å². The van der Waals surface area contributed by atoms with Crippen LogP contribution in [0.3, 0.4) is 0 Å². The molecule has 0 radical (unpaired) electrons. The zero-order valence-electron chi connectivity index (χ0n) is 8.52. The maximum Gasteiger partial charge on any atom is 0.411 e. The summed E-state index contributed by atoms with van der Waals surface area (Å²) >= 11 is 3.43. The molecule has 0 aromatic carbocycles. The monoisotopic (exact) mass is 288 g/mol. The van der Waals surface area contributed by atoms with Crippen LogP contribution >= 0.6 is 15.9 Å². The van der Waals surface area contributed by atoms with Crippen molar-refractivity contribution in [2.75, 3.05) is 18.5 Å². The first-order valence-electron chi connectivity index (χ1n) is 5.21. The van der Waals surface area contributed by atoms with Crippen LogP contribution in [0.15, 0.2) is 0 Å². The second-order valence-electron chi connectivity index (χ2n) is 4.17. The molecule has 1 rings (SSSR count). The number of rotatable bonds is 4. The second-order valence-corrected chi connectivity index (χ2v) is 4.82. The molecular formula is C10H16BrF3O. The van der Waals surface area contributed by atoms with Crippen molar-refractivity contribution in [3.05, 3.63) is 0 Å². The summed E-state index contributed by atoms with van der Waals surface area (Å²) in [6.45, 7) is -0.847. The van der Waals surface area contributed by atoms with Crippen molar-refractivity contribution in [1.29, 1.82) is 0 Å². The fraction of sp³-hybridized carbons (Fsp3) is 1.00. The molecule has 1 fully saturated rings. The van der Waals surface area contributed by atoms with E-state index in [1.165, 1.54) is 0 Å². The highest BCUT2D eigenvalue weighted by Crippen LogP contribution is 2.30. The topological polar surface area (TPSA) is 9.23 Å². The normalized spacial score (nSPS) is 28.0. The van der Waals surface area contributed by atoms with Gasteiger partial charge in [-0.3, -0.25) is 0 Å². The zero-order chi connectivity index (χ0) is 11.3. The van der Waals surface area contributed by atoms with Gasteiger partial charge in [0.1, 0.15) is 6.61 Å². The molecule has 15 heavy (non-hydrogen) atoms. The van der Waals surface area contributed by atoms with Gasteiger partial charge in [0.25, 0.3) is 0 Å². The minimum atomic E-state index is -4.19. The van der Waals surface area contributed by atoms with Crippen molar-refractivity contribution >= 4 is 15.9 Å². The minimum absolute atomic E-state index is 0.258. The molecule has 0 saturated heterocycles. The Bertz CT molecular complexity index is 176. The Morgan fingerprint density at radius 3 is 2.07 bits per heavy atom. The van der Waals surface area contributed by atoms with Crippen LogP contribution in [-0.4, -0.2) is 24.7 Å². The lowest BCUT2D eigenvalue weighted by Crippen LogP contribution is -2.23. The van der Waals surface area contributed by atoms with Crippen molar-refractivity contribution in [3.8, 4) is 0 Å². The Labute approximate surface area is 96.5 Å². The summed E-state index contributed by atoms with van der Waals surface area (Å²) in [5, 5.41) is 1.00. The van der Waals surface area contributed by atoms with Gasteiger partial charge in [-0.25, -0.2) is 0 Å². The molecule has 0 heterocycles. The van der Waals surface area contributed by atoms with Gasteiger partial charge in [-0.1, -0.05) is 15.9 Å². The van der Waals surface area contributed by atoms with Crippen LogP contribution in [0.1, 0.15) is 25.7 Å². The van der Waals surface area contributed by atoms with Crippen molar-refractivity contribution in [2.45, 2.75) is 31.9 Å². The maximum atomic E-state index is 11.8. The van der Waals surface area contributed by atoms with Crippen LogP contribution in [0, 0.1) is 11.8 Å². The van der Waals surface area contributed by atoms with E-state index < -0.39 is 12.8 Å². The summed E-state index contributed by atoms with van der Waals surface area (Å²) in [5.41, 5.74) is 0. The summed E-state index contributed by atoms with van der Waals surface area (Å²) in [6.07, 6.45) is 0.00585. The average Bonchev–Trinajstić information content (AvgIpc) is 2.17. The van der Waals surface area contributed by atoms with E-state index in [0.29, 0.717) is 11.8 Å².